The molecule has 0 bridgehead atoms. The first-order chi connectivity index (χ1) is 11.7. The molecule has 1 amide bonds. The number of benzene rings is 1. The molecule has 4 rings (SSSR count). The highest BCUT2D eigenvalue weighted by Gasteiger charge is 2.46. The van der Waals surface area contributed by atoms with E-state index in [9.17, 15) is 4.79 Å². The van der Waals surface area contributed by atoms with E-state index in [1.54, 1.807) is 6.20 Å². The molecule has 2 aromatic rings. The molecule has 1 aromatic heterocycles. The SMILES string of the molecule is Cc1ccc(CN2C(=O)C[C@H]3[C@@H]2CCN3Cc2cccnc2)cc1. The average Bonchev–Trinajstić information content (AvgIpc) is 3.11. The monoisotopic (exact) mass is 321 g/mol. The van der Waals surface area contributed by atoms with Gasteiger partial charge in [-0.2, -0.15) is 0 Å². The number of fused-ring (bicyclic) bond motifs is 1. The van der Waals surface area contributed by atoms with Crippen molar-refractivity contribution in [1.29, 1.82) is 0 Å². The molecule has 0 aliphatic carbocycles. The smallest absolute Gasteiger partial charge is 0.224 e. The van der Waals surface area contributed by atoms with E-state index in [1.807, 2.05) is 12.3 Å². The lowest BCUT2D eigenvalue weighted by Crippen LogP contribution is -2.36. The third kappa shape index (κ3) is 2.94. The molecule has 0 unspecified atom stereocenters. The van der Waals surface area contributed by atoms with Crippen LogP contribution in [0.25, 0.3) is 0 Å². The zero-order valence-corrected chi connectivity index (χ0v) is 14.1. The van der Waals surface area contributed by atoms with Crippen molar-refractivity contribution in [3.05, 3.63) is 65.5 Å². The van der Waals surface area contributed by atoms with E-state index in [4.69, 9.17) is 0 Å². The van der Waals surface area contributed by atoms with Crippen molar-refractivity contribution >= 4 is 5.91 Å². The first-order valence-electron chi connectivity index (χ1n) is 8.69. The highest BCUT2D eigenvalue weighted by Crippen LogP contribution is 2.34. The van der Waals surface area contributed by atoms with Crippen LogP contribution in [0.4, 0.5) is 0 Å². The fourth-order valence-electron chi connectivity index (χ4n) is 4.03. The lowest BCUT2D eigenvalue weighted by molar-refractivity contribution is -0.129. The summed E-state index contributed by atoms with van der Waals surface area (Å²) in [6, 6.07) is 13.3. The second kappa shape index (κ2) is 6.36. The van der Waals surface area contributed by atoms with Crippen LogP contribution in [0.2, 0.25) is 0 Å². The molecule has 1 aromatic carbocycles. The molecule has 2 saturated heterocycles. The van der Waals surface area contributed by atoms with Gasteiger partial charge in [0.05, 0.1) is 0 Å². The topological polar surface area (TPSA) is 36.4 Å². The van der Waals surface area contributed by atoms with Gasteiger partial charge in [0.15, 0.2) is 0 Å². The van der Waals surface area contributed by atoms with Gasteiger partial charge in [-0.25, -0.2) is 0 Å². The zero-order chi connectivity index (χ0) is 16.5. The molecule has 0 radical (unpaired) electrons. The zero-order valence-electron chi connectivity index (χ0n) is 14.1. The third-order valence-corrected chi connectivity index (χ3v) is 5.31. The van der Waals surface area contributed by atoms with E-state index >= 15 is 0 Å². The molecule has 124 valence electrons. The lowest BCUT2D eigenvalue weighted by atomic mass is 10.1. The number of likely N-dealkylation sites (tertiary alicyclic amines) is 2. The van der Waals surface area contributed by atoms with Crippen LogP contribution in [-0.2, 0) is 17.9 Å². The van der Waals surface area contributed by atoms with E-state index in [1.165, 1.54) is 16.7 Å². The Morgan fingerprint density at radius 3 is 2.67 bits per heavy atom. The predicted molar refractivity (Wildman–Crippen MR) is 93.2 cm³/mol. The number of nitrogens with zero attached hydrogens (tertiary/aromatic N) is 3. The highest BCUT2D eigenvalue weighted by molar-refractivity contribution is 5.80. The van der Waals surface area contributed by atoms with Gasteiger partial charge in [-0.3, -0.25) is 14.7 Å². The molecule has 24 heavy (non-hydrogen) atoms. The van der Waals surface area contributed by atoms with Crippen LogP contribution in [0.3, 0.4) is 0 Å². The summed E-state index contributed by atoms with van der Waals surface area (Å²) in [6.45, 7) is 4.78. The van der Waals surface area contributed by atoms with E-state index in [0.717, 1.165) is 26.1 Å². The molecule has 3 heterocycles. The number of aromatic nitrogens is 1. The Balaban J connectivity index is 1.46. The van der Waals surface area contributed by atoms with E-state index in [0.29, 0.717) is 24.4 Å². The second-order valence-corrected chi connectivity index (χ2v) is 6.97. The number of carbonyl (C=O) groups excluding carboxylic acids is 1. The van der Waals surface area contributed by atoms with Crippen LogP contribution in [0.15, 0.2) is 48.8 Å². The van der Waals surface area contributed by atoms with Crippen molar-refractivity contribution in [3.63, 3.8) is 0 Å². The molecule has 0 spiro atoms. The summed E-state index contributed by atoms with van der Waals surface area (Å²) in [4.78, 5) is 21.3. The van der Waals surface area contributed by atoms with E-state index in [2.05, 4.69) is 52.0 Å². The van der Waals surface area contributed by atoms with Gasteiger partial charge < -0.3 is 4.90 Å². The van der Waals surface area contributed by atoms with E-state index < -0.39 is 0 Å². The normalized spacial score (nSPS) is 23.7. The quantitative estimate of drug-likeness (QED) is 0.869. The molecule has 4 heteroatoms. The number of hydrogen-bond acceptors (Lipinski definition) is 3. The first kappa shape index (κ1) is 15.3. The van der Waals surface area contributed by atoms with Gasteiger partial charge in [0.1, 0.15) is 0 Å². The Hall–Kier alpha value is -2.20. The van der Waals surface area contributed by atoms with Crippen molar-refractivity contribution in [1.82, 2.24) is 14.8 Å². The van der Waals surface area contributed by atoms with Crippen LogP contribution < -0.4 is 0 Å². The number of rotatable bonds is 4. The van der Waals surface area contributed by atoms with Crippen LogP contribution in [0.1, 0.15) is 29.5 Å². The van der Waals surface area contributed by atoms with Gasteiger partial charge in [0.2, 0.25) is 5.91 Å². The Bertz CT molecular complexity index is 713. The second-order valence-electron chi connectivity index (χ2n) is 6.97. The maximum atomic E-state index is 12.5. The standard InChI is InChI=1S/C20H23N3O/c1-15-4-6-16(7-5-15)14-23-18-8-10-22(19(18)11-20(23)24)13-17-3-2-9-21-12-17/h2-7,9,12,18-19H,8,10-11,13-14H2,1H3/t18-,19-/m0/s1. The van der Waals surface area contributed by atoms with Gasteiger partial charge in [0, 0.05) is 50.5 Å². The van der Waals surface area contributed by atoms with E-state index in [-0.39, 0.29) is 0 Å². The van der Waals surface area contributed by atoms with Crippen LogP contribution in [0.5, 0.6) is 0 Å². The van der Waals surface area contributed by atoms with Crippen molar-refractivity contribution in [2.75, 3.05) is 6.54 Å². The minimum atomic E-state index is 0.293. The van der Waals surface area contributed by atoms with Gasteiger partial charge in [-0.05, 0) is 30.5 Å². The Kier molecular flexibility index (Phi) is 4.07. The number of hydrogen-bond donors (Lipinski definition) is 0. The predicted octanol–water partition coefficient (Wildman–Crippen LogP) is 2.77. The van der Waals surface area contributed by atoms with Gasteiger partial charge in [-0.15, -0.1) is 0 Å². The molecule has 0 saturated carbocycles. The molecule has 4 nitrogen and oxygen atoms in total. The maximum absolute atomic E-state index is 12.5. The molecular formula is C20H23N3O. The largest absolute Gasteiger partial charge is 0.334 e. The molecular weight excluding hydrogens is 298 g/mol. The number of carbonyl (C=O) groups is 1. The Morgan fingerprint density at radius 2 is 1.92 bits per heavy atom. The summed E-state index contributed by atoms with van der Waals surface area (Å²) in [5.74, 6) is 0.293. The van der Waals surface area contributed by atoms with Crippen LogP contribution in [-0.4, -0.2) is 39.3 Å². The summed E-state index contributed by atoms with van der Waals surface area (Å²) in [6.07, 6.45) is 5.45. The fraction of sp³-hybridized carbons (Fsp3) is 0.400. The van der Waals surface area contributed by atoms with Crippen molar-refractivity contribution in [2.24, 2.45) is 0 Å². The summed E-state index contributed by atoms with van der Waals surface area (Å²) < 4.78 is 0. The first-order valence-corrected chi connectivity index (χ1v) is 8.69. The highest BCUT2D eigenvalue weighted by atomic mass is 16.2. The number of pyridine rings is 1. The summed E-state index contributed by atoms with van der Waals surface area (Å²) in [5.41, 5.74) is 3.70. The summed E-state index contributed by atoms with van der Waals surface area (Å²) >= 11 is 0. The Morgan fingerprint density at radius 1 is 1.08 bits per heavy atom. The van der Waals surface area contributed by atoms with Crippen LogP contribution >= 0.6 is 0 Å². The Labute approximate surface area is 143 Å². The number of aryl methyl sites for hydroxylation is 1. The molecule has 2 atom stereocenters. The summed E-state index contributed by atoms with van der Waals surface area (Å²) in [5, 5.41) is 0. The van der Waals surface area contributed by atoms with Crippen molar-refractivity contribution in [2.45, 2.75) is 44.9 Å². The molecule has 0 N–H and O–H groups in total. The lowest BCUT2D eigenvalue weighted by Gasteiger charge is -2.25. The summed E-state index contributed by atoms with van der Waals surface area (Å²) in [7, 11) is 0. The van der Waals surface area contributed by atoms with Gasteiger partial charge in [-0.1, -0.05) is 35.9 Å². The molecule has 2 fully saturated rings. The minimum absolute atomic E-state index is 0.293. The van der Waals surface area contributed by atoms with Gasteiger partial charge in [0.25, 0.3) is 0 Å². The number of amides is 1. The average molecular weight is 321 g/mol. The van der Waals surface area contributed by atoms with Crippen molar-refractivity contribution < 1.29 is 4.79 Å². The van der Waals surface area contributed by atoms with Gasteiger partial charge >= 0.3 is 0 Å². The van der Waals surface area contributed by atoms with Crippen LogP contribution in [0, 0.1) is 6.92 Å². The molecule has 2 aliphatic heterocycles. The maximum Gasteiger partial charge on any atom is 0.224 e. The minimum Gasteiger partial charge on any atom is -0.334 e. The molecule has 2 aliphatic rings. The fourth-order valence-corrected chi connectivity index (χ4v) is 4.03. The van der Waals surface area contributed by atoms with Crippen molar-refractivity contribution in [3.8, 4) is 0 Å². The third-order valence-electron chi connectivity index (χ3n) is 5.31.